The van der Waals surface area contributed by atoms with E-state index in [9.17, 15) is 5.26 Å². The van der Waals surface area contributed by atoms with Crippen LogP contribution >= 0.6 is 15.9 Å². The summed E-state index contributed by atoms with van der Waals surface area (Å²) in [5.74, 6) is 0.886. The molecule has 98 valence electrons. The summed E-state index contributed by atoms with van der Waals surface area (Å²) in [6.07, 6.45) is 6.78. The fraction of sp³-hybridized carbons (Fsp3) is 0.571. The molecule has 4 atom stereocenters. The first-order valence-corrected chi connectivity index (χ1v) is 7.67. The zero-order chi connectivity index (χ0) is 13.0. The molecule has 0 amide bonds. The van der Waals surface area contributed by atoms with Crippen LogP contribution < -0.4 is 10.2 Å². The Labute approximate surface area is 120 Å². The van der Waals surface area contributed by atoms with Crippen molar-refractivity contribution in [2.75, 3.05) is 4.90 Å². The monoisotopic (exact) mass is 318 g/mol. The number of halogens is 1. The third kappa shape index (κ3) is 1.63. The zero-order valence-corrected chi connectivity index (χ0v) is 12.1. The number of nitrogens with zero attached hydrogens (tertiary/aromatic N) is 3. The normalized spacial score (nSPS) is 35.5. The molecule has 4 bridgehead atoms. The molecule has 1 aromatic heterocycles. The highest BCUT2D eigenvalue weighted by Crippen LogP contribution is 2.43. The Balaban J connectivity index is 1.79. The summed E-state index contributed by atoms with van der Waals surface area (Å²) in [6.45, 7) is 0. The van der Waals surface area contributed by atoms with Crippen molar-refractivity contribution in [2.45, 2.75) is 49.9 Å². The molecule has 4 unspecified atom stereocenters. The summed E-state index contributed by atoms with van der Waals surface area (Å²) >= 11 is 3.40. The molecule has 3 aliphatic rings. The van der Waals surface area contributed by atoms with Gasteiger partial charge in [0, 0.05) is 34.8 Å². The third-order valence-electron chi connectivity index (χ3n) is 4.82. The minimum absolute atomic E-state index is 0.518. The summed E-state index contributed by atoms with van der Waals surface area (Å²) in [5.41, 5.74) is 0.688. The van der Waals surface area contributed by atoms with Crippen LogP contribution in [-0.2, 0) is 0 Å². The molecule has 3 aliphatic heterocycles. The van der Waals surface area contributed by atoms with Crippen LogP contribution in [0.1, 0.15) is 31.2 Å². The van der Waals surface area contributed by atoms with Gasteiger partial charge < -0.3 is 10.2 Å². The van der Waals surface area contributed by atoms with Crippen LogP contribution in [0.5, 0.6) is 0 Å². The summed E-state index contributed by atoms with van der Waals surface area (Å²) in [5, 5.41) is 13.1. The van der Waals surface area contributed by atoms with Crippen LogP contribution in [0.2, 0.25) is 0 Å². The lowest BCUT2D eigenvalue weighted by Crippen LogP contribution is -2.59. The summed E-state index contributed by atoms with van der Waals surface area (Å²) in [7, 11) is 0. The van der Waals surface area contributed by atoms with Gasteiger partial charge in [-0.3, -0.25) is 0 Å². The fourth-order valence-electron chi connectivity index (χ4n) is 4.10. The summed E-state index contributed by atoms with van der Waals surface area (Å²) in [4.78, 5) is 6.97. The minimum atomic E-state index is 0.518. The van der Waals surface area contributed by atoms with Crippen LogP contribution in [0.4, 0.5) is 5.82 Å². The van der Waals surface area contributed by atoms with Gasteiger partial charge in [0.1, 0.15) is 11.9 Å². The fourth-order valence-corrected chi connectivity index (χ4v) is 4.43. The average Bonchev–Trinajstić information content (AvgIpc) is 2.96. The minimum Gasteiger partial charge on any atom is -0.346 e. The van der Waals surface area contributed by atoms with Gasteiger partial charge in [0.15, 0.2) is 0 Å². The molecule has 19 heavy (non-hydrogen) atoms. The van der Waals surface area contributed by atoms with E-state index in [-0.39, 0.29) is 0 Å². The Morgan fingerprint density at radius 2 is 1.95 bits per heavy atom. The number of fused-ring (bicyclic) bond motifs is 6. The smallest absolute Gasteiger partial charge is 0.147 e. The first kappa shape index (κ1) is 11.7. The highest BCUT2D eigenvalue weighted by molar-refractivity contribution is 9.10. The van der Waals surface area contributed by atoms with E-state index in [1.165, 1.54) is 25.7 Å². The number of aromatic nitrogens is 1. The molecule has 4 nitrogen and oxygen atoms in total. The van der Waals surface area contributed by atoms with Crippen LogP contribution in [0.3, 0.4) is 0 Å². The molecule has 1 N–H and O–H groups in total. The number of rotatable bonds is 1. The van der Waals surface area contributed by atoms with Gasteiger partial charge in [0.05, 0.1) is 5.56 Å². The van der Waals surface area contributed by atoms with Crippen LogP contribution in [0, 0.1) is 11.3 Å². The van der Waals surface area contributed by atoms with Gasteiger partial charge in [-0.25, -0.2) is 4.98 Å². The molecule has 1 aromatic rings. The molecule has 5 heteroatoms. The molecule has 0 spiro atoms. The molecule has 0 saturated carbocycles. The third-order valence-corrected chi connectivity index (χ3v) is 5.25. The number of hydrogen-bond acceptors (Lipinski definition) is 4. The lowest BCUT2D eigenvalue weighted by Gasteiger charge is -2.41. The molecule has 3 fully saturated rings. The first-order valence-electron chi connectivity index (χ1n) is 6.88. The van der Waals surface area contributed by atoms with E-state index in [4.69, 9.17) is 0 Å². The van der Waals surface area contributed by atoms with Crippen LogP contribution in [0.25, 0.3) is 0 Å². The van der Waals surface area contributed by atoms with Gasteiger partial charge in [0.25, 0.3) is 0 Å². The maximum absolute atomic E-state index is 9.36. The molecule has 0 radical (unpaired) electrons. The number of hydrogen-bond donors (Lipinski definition) is 1. The largest absolute Gasteiger partial charge is 0.346 e. The topological polar surface area (TPSA) is 52.0 Å². The predicted molar refractivity (Wildman–Crippen MR) is 75.9 cm³/mol. The molecular formula is C14H15BrN4. The number of anilines is 1. The van der Waals surface area contributed by atoms with Gasteiger partial charge in [-0.2, -0.15) is 5.26 Å². The predicted octanol–water partition coefficient (Wildman–Crippen LogP) is 2.19. The van der Waals surface area contributed by atoms with E-state index in [0.717, 1.165) is 10.3 Å². The maximum Gasteiger partial charge on any atom is 0.147 e. The van der Waals surface area contributed by atoms with Crippen molar-refractivity contribution < 1.29 is 0 Å². The van der Waals surface area contributed by atoms with Crippen molar-refractivity contribution in [1.82, 2.24) is 10.3 Å². The quantitative estimate of drug-likeness (QED) is 0.862. The number of pyridine rings is 1. The van der Waals surface area contributed by atoms with E-state index in [1.807, 2.05) is 6.07 Å². The second-order valence-corrected chi connectivity index (χ2v) is 6.63. The van der Waals surface area contributed by atoms with Crippen molar-refractivity contribution in [3.05, 3.63) is 22.3 Å². The van der Waals surface area contributed by atoms with E-state index in [2.05, 4.69) is 37.2 Å². The van der Waals surface area contributed by atoms with Crippen molar-refractivity contribution in [1.29, 1.82) is 5.26 Å². The highest BCUT2D eigenvalue weighted by Gasteiger charge is 2.51. The number of piperazine rings is 1. The first-order chi connectivity index (χ1) is 9.28. The second-order valence-electron chi connectivity index (χ2n) is 5.71. The summed E-state index contributed by atoms with van der Waals surface area (Å²) < 4.78 is 0.873. The van der Waals surface area contributed by atoms with Crippen molar-refractivity contribution in [3.63, 3.8) is 0 Å². The maximum atomic E-state index is 9.36. The molecule has 4 heterocycles. The van der Waals surface area contributed by atoms with Crippen LogP contribution in [0.15, 0.2) is 16.7 Å². The van der Waals surface area contributed by atoms with Gasteiger partial charge in [-0.05, 0) is 47.7 Å². The van der Waals surface area contributed by atoms with Gasteiger partial charge >= 0.3 is 0 Å². The molecule has 0 aliphatic carbocycles. The Bertz CT molecular complexity index is 549. The lowest BCUT2D eigenvalue weighted by atomic mass is 10.0. The zero-order valence-electron chi connectivity index (χ0n) is 10.5. The Morgan fingerprint density at radius 3 is 2.58 bits per heavy atom. The second kappa shape index (κ2) is 4.19. The molecular weight excluding hydrogens is 304 g/mol. The number of nitriles is 1. The molecule has 4 rings (SSSR count). The van der Waals surface area contributed by atoms with Crippen molar-refractivity contribution >= 4 is 21.7 Å². The number of nitrogens with one attached hydrogen (secondary N) is 1. The Kier molecular flexibility index (Phi) is 2.58. The Hall–Kier alpha value is -1.12. The Morgan fingerprint density at radius 1 is 1.26 bits per heavy atom. The standard InChI is InChI=1S/C14H15BrN4/c15-9-5-8(6-16)14(17-7-9)19-12-3-4-13(19)11-2-1-10(12)18-11/h5,7,10-13,18H,1-4H2. The van der Waals surface area contributed by atoms with E-state index in [1.54, 1.807) is 6.20 Å². The summed E-state index contributed by atoms with van der Waals surface area (Å²) in [6, 6.07) is 6.38. The van der Waals surface area contributed by atoms with Gasteiger partial charge in [-0.15, -0.1) is 0 Å². The van der Waals surface area contributed by atoms with Gasteiger partial charge in [0.2, 0.25) is 0 Å². The van der Waals surface area contributed by atoms with E-state index in [0.29, 0.717) is 29.7 Å². The van der Waals surface area contributed by atoms with Crippen LogP contribution in [-0.4, -0.2) is 29.2 Å². The van der Waals surface area contributed by atoms with E-state index < -0.39 is 0 Å². The van der Waals surface area contributed by atoms with Crippen molar-refractivity contribution in [2.24, 2.45) is 0 Å². The highest BCUT2D eigenvalue weighted by atomic mass is 79.9. The van der Waals surface area contributed by atoms with E-state index >= 15 is 0 Å². The van der Waals surface area contributed by atoms with Gasteiger partial charge in [-0.1, -0.05) is 0 Å². The lowest BCUT2D eigenvalue weighted by molar-refractivity contribution is 0.378. The average molecular weight is 319 g/mol. The SMILES string of the molecule is N#Cc1cc(Br)cnc1N1C2CCC1C1CCC2N1. The van der Waals surface area contributed by atoms with Crippen molar-refractivity contribution in [3.8, 4) is 6.07 Å². The molecule has 3 saturated heterocycles. The molecule has 0 aromatic carbocycles.